The number of piperidine rings is 1. The van der Waals surface area contributed by atoms with E-state index in [4.69, 9.17) is 21.3 Å². The summed E-state index contributed by atoms with van der Waals surface area (Å²) in [6.45, 7) is 3.66. The first kappa shape index (κ1) is 22.1. The van der Waals surface area contributed by atoms with E-state index >= 15 is 0 Å². The third-order valence-electron chi connectivity index (χ3n) is 5.75. The number of aromatic nitrogens is 2. The number of rotatable bonds is 7. The number of carbonyl (C=O) groups is 1. The average molecular weight is 455 g/mol. The number of carbonyl (C=O) groups excluding carboxylic acids is 1. The summed E-state index contributed by atoms with van der Waals surface area (Å²) in [4.78, 5) is 31.2. The first-order valence-electron chi connectivity index (χ1n) is 10.9. The Labute approximate surface area is 192 Å². The number of anilines is 3. The number of benzene rings is 1. The molecule has 1 aliphatic rings. The molecule has 1 aromatic carbocycles. The van der Waals surface area contributed by atoms with Crippen LogP contribution in [-0.2, 0) is 11.8 Å². The minimum Gasteiger partial charge on any atom is -0.480 e. The van der Waals surface area contributed by atoms with Crippen molar-refractivity contribution in [2.45, 2.75) is 32.6 Å². The lowest BCUT2D eigenvalue weighted by molar-refractivity contribution is -0.120. The Morgan fingerprint density at radius 2 is 1.94 bits per heavy atom. The third kappa shape index (κ3) is 4.72. The van der Waals surface area contributed by atoms with Crippen molar-refractivity contribution < 1.29 is 9.53 Å². The van der Waals surface area contributed by atoms with Crippen molar-refractivity contribution in [3.8, 4) is 5.75 Å². The number of hydrogen-bond acceptors (Lipinski definition) is 6. The summed E-state index contributed by atoms with van der Waals surface area (Å²) in [6, 6.07) is 11.1. The lowest BCUT2D eigenvalue weighted by atomic mass is 10.1. The number of nitrogens with zero attached hydrogens (tertiary/aromatic N) is 3. The fourth-order valence-corrected chi connectivity index (χ4v) is 4.00. The van der Waals surface area contributed by atoms with Crippen molar-refractivity contribution in [3.63, 3.8) is 0 Å². The van der Waals surface area contributed by atoms with Crippen LogP contribution in [0.5, 0.6) is 5.75 Å². The number of fused-ring (bicyclic) bond motifs is 1. The summed E-state index contributed by atoms with van der Waals surface area (Å²) in [7, 11) is 1.69. The summed E-state index contributed by atoms with van der Waals surface area (Å²) in [5, 5.41) is 4.65. The maximum absolute atomic E-state index is 12.6. The second-order valence-corrected chi connectivity index (χ2v) is 8.41. The van der Waals surface area contributed by atoms with Gasteiger partial charge in [-0.15, -0.1) is 0 Å². The highest BCUT2D eigenvalue weighted by molar-refractivity contribution is 6.33. The standard InChI is InChI=1S/C24H27ClN4O3/c1-3-18(30)15-32-21-14-16-13-17(7-9-20(16)28(2)24(21)31)26-23-19(25)8-10-22(27-23)29-11-5-4-6-12-29/h7-10,13-14H,3-6,11-12,15H2,1-2H3,(H,26,27). The normalized spacial score (nSPS) is 13.9. The molecule has 3 aromatic rings. The van der Waals surface area contributed by atoms with Gasteiger partial charge in [0.25, 0.3) is 5.56 Å². The molecule has 1 fully saturated rings. The second-order valence-electron chi connectivity index (χ2n) is 8.00. The van der Waals surface area contributed by atoms with Gasteiger partial charge in [-0.2, -0.15) is 0 Å². The maximum Gasteiger partial charge on any atom is 0.293 e. The fourth-order valence-electron chi connectivity index (χ4n) is 3.85. The van der Waals surface area contributed by atoms with Gasteiger partial charge in [-0.3, -0.25) is 9.59 Å². The maximum atomic E-state index is 12.6. The Morgan fingerprint density at radius 1 is 1.16 bits per heavy atom. The topological polar surface area (TPSA) is 76.5 Å². The molecule has 0 saturated carbocycles. The van der Waals surface area contributed by atoms with E-state index in [1.165, 1.54) is 23.8 Å². The minimum absolute atomic E-state index is 0.0585. The Morgan fingerprint density at radius 3 is 2.69 bits per heavy atom. The SMILES string of the molecule is CCC(=O)COc1cc2cc(Nc3nc(N4CCCCC4)ccc3Cl)ccc2n(C)c1=O. The molecule has 2 aromatic heterocycles. The van der Waals surface area contributed by atoms with Crippen LogP contribution in [0.4, 0.5) is 17.3 Å². The van der Waals surface area contributed by atoms with Gasteiger partial charge >= 0.3 is 0 Å². The quantitative estimate of drug-likeness (QED) is 0.558. The van der Waals surface area contributed by atoms with Crippen LogP contribution in [0.25, 0.3) is 10.9 Å². The number of hydrogen-bond donors (Lipinski definition) is 1. The zero-order chi connectivity index (χ0) is 22.7. The number of nitrogens with one attached hydrogen (secondary N) is 1. The molecule has 0 bridgehead atoms. The largest absolute Gasteiger partial charge is 0.480 e. The Kier molecular flexibility index (Phi) is 6.65. The van der Waals surface area contributed by atoms with Crippen molar-refractivity contribution in [3.05, 3.63) is 51.8 Å². The highest BCUT2D eigenvalue weighted by atomic mass is 35.5. The minimum atomic E-state index is -0.277. The van der Waals surface area contributed by atoms with Crippen LogP contribution in [-0.4, -0.2) is 35.0 Å². The highest BCUT2D eigenvalue weighted by Crippen LogP contribution is 2.29. The molecule has 0 unspecified atom stereocenters. The number of halogens is 1. The van der Waals surface area contributed by atoms with Gasteiger partial charge in [0, 0.05) is 37.6 Å². The molecule has 0 radical (unpaired) electrons. The first-order valence-corrected chi connectivity index (χ1v) is 11.3. The number of pyridine rings is 2. The van der Waals surface area contributed by atoms with E-state index in [0.717, 1.165) is 35.5 Å². The van der Waals surface area contributed by atoms with Crippen LogP contribution in [0.1, 0.15) is 32.6 Å². The predicted octanol–water partition coefficient (Wildman–Crippen LogP) is 4.68. The van der Waals surface area contributed by atoms with E-state index in [9.17, 15) is 9.59 Å². The third-order valence-corrected chi connectivity index (χ3v) is 6.05. The van der Waals surface area contributed by atoms with Crippen LogP contribution >= 0.6 is 11.6 Å². The summed E-state index contributed by atoms with van der Waals surface area (Å²) in [5.74, 6) is 1.60. The number of Topliss-reactive ketones (excluding diaryl/α,β-unsaturated/α-hetero) is 1. The Hall–Kier alpha value is -3.06. The summed E-state index contributed by atoms with van der Waals surface area (Å²) in [5.41, 5.74) is 1.27. The van der Waals surface area contributed by atoms with E-state index in [0.29, 0.717) is 17.3 Å². The molecule has 1 aliphatic heterocycles. The van der Waals surface area contributed by atoms with Crippen LogP contribution in [0.2, 0.25) is 5.02 Å². The number of ether oxygens (including phenoxy) is 1. The van der Waals surface area contributed by atoms with Gasteiger partial charge in [0.15, 0.2) is 17.4 Å². The molecule has 8 heteroatoms. The molecule has 3 heterocycles. The molecule has 7 nitrogen and oxygen atoms in total. The smallest absolute Gasteiger partial charge is 0.293 e. The molecule has 1 saturated heterocycles. The molecular formula is C24H27ClN4O3. The Bertz CT molecular complexity index is 1200. The molecule has 4 rings (SSSR count). The van der Waals surface area contributed by atoms with Crippen molar-refractivity contribution >= 4 is 45.6 Å². The molecule has 0 amide bonds. The van der Waals surface area contributed by atoms with Crippen molar-refractivity contribution in [2.75, 3.05) is 29.9 Å². The second kappa shape index (κ2) is 9.61. The Balaban J connectivity index is 1.63. The van der Waals surface area contributed by atoms with E-state index in [1.54, 1.807) is 20.0 Å². The molecule has 1 N–H and O–H groups in total. The van der Waals surface area contributed by atoms with Crippen molar-refractivity contribution in [1.82, 2.24) is 9.55 Å². The van der Waals surface area contributed by atoms with Crippen molar-refractivity contribution in [1.29, 1.82) is 0 Å². The summed E-state index contributed by atoms with van der Waals surface area (Å²) < 4.78 is 7.02. The van der Waals surface area contributed by atoms with Gasteiger partial charge in [0.2, 0.25) is 0 Å². The summed E-state index contributed by atoms with van der Waals surface area (Å²) in [6.07, 6.45) is 3.97. The average Bonchev–Trinajstić information content (AvgIpc) is 2.82. The molecule has 0 atom stereocenters. The van der Waals surface area contributed by atoms with E-state index in [-0.39, 0.29) is 23.7 Å². The zero-order valence-electron chi connectivity index (χ0n) is 18.4. The van der Waals surface area contributed by atoms with Crippen LogP contribution in [0, 0.1) is 0 Å². The highest BCUT2D eigenvalue weighted by Gasteiger charge is 2.15. The first-order chi connectivity index (χ1) is 15.5. The molecule has 168 valence electrons. The van der Waals surface area contributed by atoms with Gasteiger partial charge in [-0.05, 0) is 55.7 Å². The van der Waals surface area contributed by atoms with Gasteiger partial charge in [0.1, 0.15) is 12.4 Å². The lowest BCUT2D eigenvalue weighted by Gasteiger charge is -2.28. The van der Waals surface area contributed by atoms with Crippen LogP contribution in [0.3, 0.4) is 0 Å². The van der Waals surface area contributed by atoms with E-state index < -0.39 is 0 Å². The molecule has 0 spiro atoms. The van der Waals surface area contributed by atoms with Gasteiger partial charge in [-0.25, -0.2) is 4.98 Å². The van der Waals surface area contributed by atoms with Gasteiger partial charge in [0.05, 0.1) is 10.5 Å². The number of ketones is 1. The van der Waals surface area contributed by atoms with E-state index in [2.05, 4.69) is 10.2 Å². The lowest BCUT2D eigenvalue weighted by Crippen LogP contribution is -2.30. The predicted molar refractivity (Wildman–Crippen MR) is 129 cm³/mol. The monoisotopic (exact) mass is 454 g/mol. The van der Waals surface area contributed by atoms with E-state index in [1.807, 2.05) is 30.3 Å². The zero-order valence-corrected chi connectivity index (χ0v) is 19.1. The van der Waals surface area contributed by atoms with Crippen LogP contribution < -0.4 is 20.5 Å². The molecular weight excluding hydrogens is 428 g/mol. The van der Waals surface area contributed by atoms with Gasteiger partial charge < -0.3 is 19.5 Å². The van der Waals surface area contributed by atoms with Gasteiger partial charge in [-0.1, -0.05) is 18.5 Å². The molecule has 32 heavy (non-hydrogen) atoms. The molecule has 0 aliphatic carbocycles. The number of aryl methyl sites for hydroxylation is 1. The van der Waals surface area contributed by atoms with Crippen LogP contribution in [0.15, 0.2) is 41.2 Å². The summed E-state index contributed by atoms with van der Waals surface area (Å²) >= 11 is 6.42. The van der Waals surface area contributed by atoms with Crippen molar-refractivity contribution in [2.24, 2.45) is 7.05 Å². The fraction of sp³-hybridized carbons (Fsp3) is 0.375.